The van der Waals surface area contributed by atoms with Gasteiger partial charge in [0, 0.05) is 20.5 Å². The van der Waals surface area contributed by atoms with Crippen LogP contribution in [-0.4, -0.2) is 63.0 Å². The van der Waals surface area contributed by atoms with Gasteiger partial charge in [-0.05, 0) is 6.92 Å². The van der Waals surface area contributed by atoms with Crippen molar-refractivity contribution in [1.29, 1.82) is 0 Å². The summed E-state index contributed by atoms with van der Waals surface area (Å²) in [7, 11) is 0. The highest BCUT2D eigenvalue weighted by molar-refractivity contribution is 6.33. The topological polar surface area (TPSA) is 115 Å². The first-order chi connectivity index (χ1) is 12.9. The predicted octanol–water partition coefficient (Wildman–Crippen LogP) is 1.28. The number of hydrogen-bond donors (Lipinski definition) is 0. The molecule has 1 fully saturated rings. The van der Waals surface area contributed by atoms with Crippen LogP contribution in [0.3, 0.4) is 0 Å². The third kappa shape index (κ3) is 4.02. The normalized spacial score (nSPS) is 24.9. The van der Waals surface area contributed by atoms with Crippen LogP contribution in [-0.2, 0) is 28.5 Å². The van der Waals surface area contributed by atoms with Crippen LogP contribution in [0, 0.1) is 0 Å². The number of nitrogens with zero attached hydrogens (tertiary/aromatic N) is 4. The fourth-order valence-corrected chi connectivity index (χ4v) is 3.14. The summed E-state index contributed by atoms with van der Waals surface area (Å²) in [6.07, 6.45) is -0.488. The highest BCUT2D eigenvalue weighted by Crippen LogP contribution is 2.36. The molecule has 0 radical (unpaired) electrons. The van der Waals surface area contributed by atoms with Gasteiger partial charge < -0.3 is 18.9 Å². The van der Waals surface area contributed by atoms with E-state index in [2.05, 4.69) is 15.0 Å². The lowest BCUT2D eigenvalue weighted by atomic mass is 10.1. The van der Waals surface area contributed by atoms with E-state index in [9.17, 15) is 9.59 Å². The second kappa shape index (κ2) is 8.15. The number of imidazole rings is 1. The molecule has 11 heteroatoms. The Bertz CT molecular complexity index is 843. The molecule has 3 rings (SSSR count). The van der Waals surface area contributed by atoms with E-state index in [0.717, 1.165) is 0 Å². The number of ether oxygens (including phenoxy) is 4. The van der Waals surface area contributed by atoms with Gasteiger partial charge in [-0.15, -0.1) is 0 Å². The fourth-order valence-electron chi connectivity index (χ4n) is 2.96. The molecule has 0 amide bonds. The van der Waals surface area contributed by atoms with Crippen molar-refractivity contribution in [3.05, 3.63) is 17.8 Å². The van der Waals surface area contributed by atoms with E-state index in [0.29, 0.717) is 17.8 Å². The summed E-state index contributed by atoms with van der Waals surface area (Å²) in [5.74, 6) is -1.07. The summed E-state index contributed by atoms with van der Waals surface area (Å²) < 4.78 is 23.8. The number of fused-ring (bicyclic) bond motifs is 1. The van der Waals surface area contributed by atoms with E-state index < -0.39 is 36.5 Å². The zero-order valence-electron chi connectivity index (χ0n) is 15.0. The maximum atomic E-state index is 11.7. The molecule has 0 aliphatic carbocycles. The van der Waals surface area contributed by atoms with Gasteiger partial charge in [-0.1, -0.05) is 11.6 Å². The number of aromatic nitrogens is 4. The van der Waals surface area contributed by atoms with E-state index in [1.54, 1.807) is 4.57 Å². The summed E-state index contributed by atoms with van der Waals surface area (Å²) >= 11 is 6.05. The van der Waals surface area contributed by atoms with Crippen molar-refractivity contribution in [3.8, 4) is 0 Å². The van der Waals surface area contributed by atoms with Crippen LogP contribution in [0.25, 0.3) is 11.2 Å². The second-order valence-electron chi connectivity index (χ2n) is 5.86. The second-order valence-corrected chi connectivity index (χ2v) is 6.22. The van der Waals surface area contributed by atoms with Gasteiger partial charge in [-0.25, -0.2) is 15.0 Å². The summed E-state index contributed by atoms with van der Waals surface area (Å²) in [5.41, 5.74) is 0.775. The number of halogens is 1. The Labute approximate surface area is 159 Å². The molecular formula is C16H19ClN4O6. The third-order valence-electron chi connectivity index (χ3n) is 3.96. The van der Waals surface area contributed by atoms with Gasteiger partial charge >= 0.3 is 11.9 Å². The molecule has 146 valence electrons. The van der Waals surface area contributed by atoms with Crippen molar-refractivity contribution < 1.29 is 28.5 Å². The van der Waals surface area contributed by atoms with Gasteiger partial charge in [0.2, 0.25) is 0 Å². The number of rotatable bonds is 6. The summed E-state index contributed by atoms with van der Waals surface area (Å²) in [4.78, 5) is 35.5. The van der Waals surface area contributed by atoms with Crippen molar-refractivity contribution >= 4 is 34.7 Å². The van der Waals surface area contributed by atoms with Crippen LogP contribution in [0.4, 0.5) is 0 Å². The molecule has 0 N–H and O–H groups in total. The predicted molar refractivity (Wildman–Crippen MR) is 91.8 cm³/mol. The lowest BCUT2D eigenvalue weighted by Crippen LogP contribution is -2.40. The molecule has 10 nitrogen and oxygen atoms in total. The first-order valence-electron chi connectivity index (χ1n) is 8.33. The van der Waals surface area contributed by atoms with Crippen LogP contribution in [0.5, 0.6) is 0 Å². The Kier molecular flexibility index (Phi) is 5.88. The zero-order chi connectivity index (χ0) is 19.6. The third-order valence-corrected chi connectivity index (χ3v) is 4.24. The van der Waals surface area contributed by atoms with Crippen molar-refractivity contribution in [1.82, 2.24) is 19.5 Å². The van der Waals surface area contributed by atoms with Gasteiger partial charge in [0.15, 0.2) is 29.2 Å². The van der Waals surface area contributed by atoms with Crippen LogP contribution in [0.15, 0.2) is 12.7 Å². The summed E-state index contributed by atoms with van der Waals surface area (Å²) in [5, 5.41) is 0.184. The average Bonchev–Trinajstić information content (AvgIpc) is 3.16. The monoisotopic (exact) mass is 398 g/mol. The first-order valence-corrected chi connectivity index (χ1v) is 8.70. The quantitative estimate of drug-likeness (QED) is 0.524. The Hall–Kier alpha value is -2.30. The maximum absolute atomic E-state index is 11.7. The first kappa shape index (κ1) is 19.5. The van der Waals surface area contributed by atoms with E-state index in [1.807, 2.05) is 6.92 Å². The molecule has 3 heterocycles. The van der Waals surface area contributed by atoms with Crippen molar-refractivity contribution in [2.75, 3.05) is 13.2 Å². The molecule has 2 aromatic heterocycles. The lowest BCUT2D eigenvalue weighted by Gasteiger charge is -2.23. The van der Waals surface area contributed by atoms with E-state index >= 15 is 0 Å². The smallest absolute Gasteiger partial charge is 0.303 e. The molecule has 0 aromatic carbocycles. The molecule has 1 aliphatic heterocycles. The van der Waals surface area contributed by atoms with Crippen molar-refractivity contribution in [2.24, 2.45) is 0 Å². The van der Waals surface area contributed by atoms with Gasteiger partial charge in [0.05, 0.1) is 12.9 Å². The van der Waals surface area contributed by atoms with Crippen LogP contribution >= 0.6 is 11.6 Å². The molecule has 27 heavy (non-hydrogen) atoms. The SMILES string of the molecule is CCOC[C@H]1O[C@@H](n2cnc3c(Cl)ncnc32)[C@H](OC(C)=O)[C@@H]1OC(C)=O. The minimum absolute atomic E-state index is 0.158. The highest BCUT2D eigenvalue weighted by atomic mass is 35.5. The number of carbonyl (C=O) groups excluding carboxylic acids is 2. The minimum Gasteiger partial charge on any atom is -0.456 e. The number of carbonyl (C=O) groups is 2. The van der Waals surface area contributed by atoms with E-state index in [-0.39, 0.29) is 11.8 Å². The molecule has 0 spiro atoms. The average molecular weight is 399 g/mol. The van der Waals surface area contributed by atoms with Crippen molar-refractivity contribution in [2.45, 2.75) is 45.3 Å². The Morgan fingerprint density at radius 1 is 1.19 bits per heavy atom. The maximum Gasteiger partial charge on any atom is 0.303 e. The largest absolute Gasteiger partial charge is 0.456 e. The Balaban J connectivity index is 2.01. The molecule has 1 saturated heterocycles. The van der Waals surface area contributed by atoms with Gasteiger partial charge in [-0.3, -0.25) is 14.2 Å². The lowest BCUT2D eigenvalue weighted by molar-refractivity contribution is -0.165. The molecule has 2 aromatic rings. The number of esters is 2. The Morgan fingerprint density at radius 2 is 1.89 bits per heavy atom. The van der Waals surface area contributed by atoms with Crippen LogP contribution in [0.2, 0.25) is 5.15 Å². The molecule has 0 bridgehead atoms. The van der Waals surface area contributed by atoms with Gasteiger partial charge in [0.25, 0.3) is 0 Å². The van der Waals surface area contributed by atoms with E-state index in [1.165, 1.54) is 26.5 Å². The van der Waals surface area contributed by atoms with Gasteiger partial charge in [0.1, 0.15) is 17.9 Å². The zero-order valence-corrected chi connectivity index (χ0v) is 15.8. The fraction of sp³-hybridized carbons (Fsp3) is 0.562. The molecule has 1 aliphatic rings. The molecular weight excluding hydrogens is 380 g/mol. The summed E-state index contributed by atoms with van der Waals surface area (Å²) in [6.45, 7) is 4.98. The molecule has 0 unspecified atom stereocenters. The van der Waals surface area contributed by atoms with Crippen LogP contribution in [0.1, 0.15) is 27.0 Å². The van der Waals surface area contributed by atoms with Gasteiger partial charge in [-0.2, -0.15) is 0 Å². The minimum atomic E-state index is -0.914. The van der Waals surface area contributed by atoms with Crippen LogP contribution < -0.4 is 0 Å². The number of hydrogen-bond acceptors (Lipinski definition) is 9. The van der Waals surface area contributed by atoms with E-state index in [4.69, 9.17) is 30.5 Å². The standard InChI is InChI=1S/C16H19ClN4O6/c1-4-24-5-10-12(25-8(2)22)13(26-9(3)23)16(27-10)21-7-20-11-14(17)18-6-19-15(11)21/h6-7,10,12-13,16H,4-5H2,1-3H3/t10-,12-,13-,16-/m1/s1. The molecule has 0 saturated carbocycles. The molecule has 4 atom stereocenters. The summed E-state index contributed by atoms with van der Waals surface area (Å²) in [6, 6.07) is 0. The van der Waals surface area contributed by atoms with Crippen molar-refractivity contribution in [3.63, 3.8) is 0 Å². The highest BCUT2D eigenvalue weighted by Gasteiger charge is 2.50. The Morgan fingerprint density at radius 3 is 2.56 bits per heavy atom.